The van der Waals surface area contributed by atoms with Crippen LogP contribution in [0.5, 0.6) is 5.75 Å². The lowest BCUT2D eigenvalue weighted by Gasteiger charge is -2.10. The Morgan fingerprint density at radius 2 is 1.83 bits per heavy atom. The fourth-order valence-electron chi connectivity index (χ4n) is 1.78. The number of hydrogen-bond acceptors (Lipinski definition) is 5. The first kappa shape index (κ1) is 17.4. The molecule has 2 rings (SSSR count). The molecule has 0 fully saturated rings. The van der Waals surface area contributed by atoms with Crippen molar-refractivity contribution < 1.29 is 19.2 Å². The summed E-state index contributed by atoms with van der Waals surface area (Å²) in [6, 6.07) is 13.0. The number of hydroxylamine groups is 1. The zero-order valence-corrected chi connectivity index (χ0v) is 13.6. The van der Waals surface area contributed by atoms with E-state index in [2.05, 4.69) is 17.4 Å². The maximum absolute atomic E-state index is 12.1. The number of ether oxygens (including phenoxy) is 1. The fourth-order valence-corrected chi connectivity index (χ4v) is 1.97. The number of nitrogens with one attached hydrogen (secondary N) is 2. The Balaban J connectivity index is 1.87. The van der Waals surface area contributed by atoms with Gasteiger partial charge in [-0.15, -0.1) is 0 Å². The van der Waals surface area contributed by atoms with Crippen molar-refractivity contribution in [3.63, 3.8) is 0 Å². The van der Waals surface area contributed by atoms with Crippen LogP contribution in [0.1, 0.15) is 10.4 Å². The lowest BCUT2D eigenvalue weighted by atomic mass is 10.1. The van der Waals surface area contributed by atoms with Crippen molar-refractivity contribution in [3.05, 3.63) is 71.4 Å². The molecule has 0 radical (unpaired) electrons. The van der Waals surface area contributed by atoms with E-state index in [-0.39, 0.29) is 5.70 Å². The molecule has 24 heavy (non-hydrogen) atoms. The summed E-state index contributed by atoms with van der Waals surface area (Å²) in [5, 5.41) is 2.93. The van der Waals surface area contributed by atoms with Crippen LogP contribution >= 0.6 is 11.6 Å². The number of halogens is 1. The van der Waals surface area contributed by atoms with Crippen molar-refractivity contribution in [3.8, 4) is 5.75 Å². The summed E-state index contributed by atoms with van der Waals surface area (Å²) in [7, 11) is 1.53. The van der Waals surface area contributed by atoms with E-state index in [1.54, 1.807) is 48.5 Å². The van der Waals surface area contributed by atoms with Crippen LogP contribution in [0.25, 0.3) is 0 Å². The molecule has 0 bridgehead atoms. The molecule has 6 nitrogen and oxygen atoms in total. The maximum atomic E-state index is 12.1. The highest BCUT2D eigenvalue weighted by atomic mass is 35.5. The first-order chi connectivity index (χ1) is 11.5. The summed E-state index contributed by atoms with van der Waals surface area (Å²) in [6.45, 7) is 3.55. The molecule has 1 amide bonds. The minimum absolute atomic E-state index is 0.0820. The summed E-state index contributed by atoms with van der Waals surface area (Å²) in [6.07, 6.45) is -0.805. The predicted octanol–water partition coefficient (Wildman–Crippen LogP) is 3.80. The van der Waals surface area contributed by atoms with Gasteiger partial charge in [-0.05, 0) is 42.5 Å². The Morgan fingerprint density at radius 1 is 1.12 bits per heavy atom. The number of amides is 1. The average molecular weight is 347 g/mol. The SMILES string of the molecule is C=C(NOC(=O)Nc1cccc(Cl)c1)C(=O)c1ccc(OC)cc1. The van der Waals surface area contributed by atoms with Crippen molar-refractivity contribution in [2.75, 3.05) is 12.4 Å². The molecule has 0 aliphatic heterocycles. The van der Waals surface area contributed by atoms with E-state index in [9.17, 15) is 9.59 Å². The third-order valence-corrected chi connectivity index (χ3v) is 3.20. The van der Waals surface area contributed by atoms with Crippen molar-refractivity contribution in [1.29, 1.82) is 0 Å². The van der Waals surface area contributed by atoms with Crippen molar-refractivity contribution >= 4 is 29.2 Å². The van der Waals surface area contributed by atoms with Gasteiger partial charge < -0.3 is 9.57 Å². The minimum Gasteiger partial charge on any atom is -0.497 e. The van der Waals surface area contributed by atoms with Gasteiger partial charge in [-0.1, -0.05) is 24.2 Å². The smallest absolute Gasteiger partial charge is 0.435 e. The molecule has 0 heterocycles. The second-order valence-corrected chi connectivity index (χ2v) is 5.10. The number of rotatable bonds is 6. The molecule has 2 aromatic rings. The molecule has 124 valence electrons. The minimum atomic E-state index is -0.805. The number of hydrogen-bond donors (Lipinski definition) is 2. The Bertz CT molecular complexity index is 759. The Hall–Kier alpha value is -2.99. The Kier molecular flexibility index (Phi) is 5.81. The van der Waals surface area contributed by atoms with Crippen LogP contribution in [0.2, 0.25) is 5.02 Å². The number of anilines is 1. The monoisotopic (exact) mass is 346 g/mol. The van der Waals surface area contributed by atoms with Gasteiger partial charge in [0.2, 0.25) is 5.78 Å². The second kappa shape index (κ2) is 8.03. The normalized spacial score (nSPS) is 9.75. The molecular weight excluding hydrogens is 332 g/mol. The first-order valence-electron chi connectivity index (χ1n) is 6.86. The number of allylic oxidation sites excluding steroid dienone is 1. The van der Waals surface area contributed by atoms with Gasteiger partial charge >= 0.3 is 6.09 Å². The molecule has 2 N–H and O–H groups in total. The molecule has 0 aromatic heterocycles. The fraction of sp³-hybridized carbons (Fsp3) is 0.0588. The highest BCUT2D eigenvalue weighted by Gasteiger charge is 2.12. The van der Waals surface area contributed by atoms with Crippen LogP contribution in [0.3, 0.4) is 0 Å². The number of benzene rings is 2. The molecule has 2 aromatic carbocycles. The number of ketones is 1. The van der Waals surface area contributed by atoms with E-state index in [1.165, 1.54) is 7.11 Å². The average Bonchev–Trinajstić information content (AvgIpc) is 2.59. The standard InChI is InChI=1S/C17H15ClN2O4/c1-11(16(21)12-6-8-15(23-2)9-7-12)20-24-17(22)19-14-5-3-4-13(18)10-14/h3-10,20H,1H2,2H3,(H,19,22). The number of carbonyl (C=O) groups excluding carboxylic acids is 2. The lowest BCUT2D eigenvalue weighted by Crippen LogP contribution is -2.26. The Labute approximate surface area is 144 Å². The molecule has 7 heteroatoms. The van der Waals surface area contributed by atoms with Gasteiger partial charge in [0.1, 0.15) is 11.4 Å². The second-order valence-electron chi connectivity index (χ2n) is 4.66. The van der Waals surface area contributed by atoms with Gasteiger partial charge in [0.15, 0.2) is 0 Å². The van der Waals surface area contributed by atoms with Crippen molar-refractivity contribution in [2.45, 2.75) is 0 Å². The van der Waals surface area contributed by atoms with Crippen LogP contribution in [0, 0.1) is 0 Å². The van der Waals surface area contributed by atoms with Crippen LogP contribution in [0.15, 0.2) is 60.8 Å². The summed E-state index contributed by atoms with van der Waals surface area (Å²) >= 11 is 5.81. The zero-order chi connectivity index (χ0) is 17.5. The van der Waals surface area contributed by atoms with E-state index >= 15 is 0 Å². The third-order valence-electron chi connectivity index (χ3n) is 2.96. The zero-order valence-electron chi connectivity index (χ0n) is 12.8. The summed E-state index contributed by atoms with van der Waals surface area (Å²) in [4.78, 5) is 28.5. The highest BCUT2D eigenvalue weighted by molar-refractivity contribution is 6.30. The molecule has 0 unspecified atom stereocenters. The van der Waals surface area contributed by atoms with Crippen LogP contribution in [-0.2, 0) is 4.84 Å². The number of carbonyl (C=O) groups is 2. The maximum Gasteiger partial charge on any atom is 0.435 e. The summed E-state index contributed by atoms with van der Waals surface area (Å²) in [5.41, 5.74) is 2.98. The number of methoxy groups -OCH3 is 1. The van der Waals surface area contributed by atoms with Gasteiger partial charge in [-0.2, -0.15) is 0 Å². The van der Waals surface area contributed by atoms with Gasteiger partial charge in [0.25, 0.3) is 0 Å². The molecule has 0 saturated heterocycles. The van der Waals surface area contributed by atoms with Crippen LogP contribution in [0.4, 0.5) is 10.5 Å². The van der Waals surface area contributed by atoms with Crippen molar-refractivity contribution in [2.24, 2.45) is 0 Å². The van der Waals surface area contributed by atoms with E-state index in [0.29, 0.717) is 22.0 Å². The molecular formula is C17H15ClN2O4. The van der Waals surface area contributed by atoms with Gasteiger partial charge in [0.05, 0.1) is 7.11 Å². The molecule has 0 spiro atoms. The van der Waals surface area contributed by atoms with Crippen LogP contribution in [-0.4, -0.2) is 19.0 Å². The largest absolute Gasteiger partial charge is 0.497 e. The topological polar surface area (TPSA) is 76.7 Å². The molecule has 0 aliphatic rings. The third kappa shape index (κ3) is 4.76. The quantitative estimate of drug-likeness (QED) is 0.472. The number of Topliss-reactive ketones (excluding diaryl/α,β-unsaturated/α-hetero) is 1. The van der Waals surface area contributed by atoms with Gasteiger partial charge in [0, 0.05) is 16.3 Å². The highest BCUT2D eigenvalue weighted by Crippen LogP contribution is 2.15. The molecule has 0 atom stereocenters. The predicted molar refractivity (Wildman–Crippen MR) is 91.2 cm³/mol. The summed E-state index contributed by atoms with van der Waals surface area (Å²) < 4.78 is 5.02. The van der Waals surface area contributed by atoms with Gasteiger partial charge in [-0.25, -0.2) is 10.3 Å². The van der Waals surface area contributed by atoms with Crippen molar-refractivity contribution in [1.82, 2.24) is 5.48 Å². The van der Waals surface area contributed by atoms with E-state index in [0.717, 1.165) is 0 Å². The molecule has 0 aliphatic carbocycles. The Morgan fingerprint density at radius 3 is 2.46 bits per heavy atom. The first-order valence-corrected chi connectivity index (χ1v) is 7.24. The lowest BCUT2D eigenvalue weighted by molar-refractivity contribution is 0.0926. The summed E-state index contributed by atoms with van der Waals surface area (Å²) in [5.74, 6) is 0.218. The molecule has 0 saturated carbocycles. The van der Waals surface area contributed by atoms with Gasteiger partial charge in [-0.3, -0.25) is 10.1 Å². The van der Waals surface area contributed by atoms with E-state index < -0.39 is 11.9 Å². The van der Waals surface area contributed by atoms with E-state index in [4.69, 9.17) is 21.2 Å². The van der Waals surface area contributed by atoms with Crippen LogP contribution < -0.4 is 15.5 Å². The van der Waals surface area contributed by atoms with E-state index in [1.807, 2.05) is 0 Å².